The van der Waals surface area contributed by atoms with Gasteiger partial charge in [0.15, 0.2) is 16.6 Å². The molecular formula is C13H34O4Si3. The lowest BCUT2D eigenvalue weighted by molar-refractivity contribution is 0.0723. The Kier molecular flexibility index (Phi) is 9.03. The molecule has 0 aliphatic rings. The summed E-state index contributed by atoms with van der Waals surface area (Å²) in [5.41, 5.74) is 0. The van der Waals surface area contributed by atoms with E-state index in [1.165, 1.54) is 0 Å². The molecule has 0 bridgehead atoms. The molecule has 122 valence electrons. The second kappa shape index (κ2) is 8.82. The predicted octanol–water partition coefficient (Wildman–Crippen LogP) is 4.09. The first-order valence-corrected chi connectivity index (χ1v) is 16.2. The van der Waals surface area contributed by atoms with Gasteiger partial charge in [-0.3, -0.25) is 0 Å². The predicted molar refractivity (Wildman–Crippen MR) is 92.2 cm³/mol. The van der Waals surface area contributed by atoms with Crippen molar-refractivity contribution in [2.75, 3.05) is 19.8 Å². The van der Waals surface area contributed by atoms with E-state index in [1.807, 2.05) is 20.8 Å². The summed E-state index contributed by atoms with van der Waals surface area (Å²) in [5, 5.41) is 0. The minimum absolute atomic E-state index is 0.642. The molecule has 0 unspecified atom stereocenters. The summed E-state index contributed by atoms with van der Waals surface area (Å²) in [7, 11) is -5.68. The van der Waals surface area contributed by atoms with Crippen molar-refractivity contribution < 1.29 is 17.4 Å². The number of hydrogen-bond donors (Lipinski definition) is 0. The smallest absolute Gasteiger partial charge is 0.456 e. The van der Waals surface area contributed by atoms with E-state index in [0.717, 1.165) is 12.1 Å². The van der Waals surface area contributed by atoms with Crippen molar-refractivity contribution in [2.24, 2.45) is 0 Å². The van der Waals surface area contributed by atoms with E-state index < -0.39 is 25.4 Å². The number of rotatable bonds is 11. The van der Waals surface area contributed by atoms with Gasteiger partial charge in [0.1, 0.15) is 0 Å². The van der Waals surface area contributed by atoms with Gasteiger partial charge in [0.05, 0.1) is 0 Å². The second-order valence-corrected chi connectivity index (χ2v) is 18.2. The average molecular weight is 339 g/mol. The third-order valence-electron chi connectivity index (χ3n) is 2.71. The summed E-state index contributed by atoms with van der Waals surface area (Å²) in [6.07, 6.45) is 0. The molecule has 7 heteroatoms. The number of hydrogen-bond acceptors (Lipinski definition) is 4. The first-order valence-electron chi connectivity index (χ1n) is 7.72. The van der Waals surface area contributed by atoms with Gasteiger partial charge in [0.2, 0.25) is 0 Å². The van der Waals surface area contributed by atoms with Gasteiger partial charge in [-0.2, -0.15) is 0 Å². The van der Waals surface area contributed by atoms with Gasteiger partial charge in [-0.25, -0.2) is 0 Å². The van der Waals surface area contributed by atoms with E-state index in [1.54, 1.807) is 0 Å². The summed E-state index contributed by atoms with van der Waals surface area (Å²) in [4.78, 5) is 0. The summed E-state index contributed by atoms with van der Waals surface area (Å²) in [5.74, 6) is 0. The van der Waals surface area contributed by atoms with Crippen LogP contribution in [0.4, 0.5) is 0 Å². The maximum absolute atomic E-state index is 6.39. The van der Waals surface area contributed by atoms with E-state index in [9.17, 15) is 0 Å². The molecule has 0 fully saturated rings. The standard InChI is InChI=1S/C13H34O4Si3/c1-9-14-20(15-10-2,16-11-3)13-12-19(7,8)17-18(4,5)6/h9-13H2,1-8H3. The lowest BCUT2D eigenvalue weighted by Gasteiger charge is -2.35. The van der Waals surface area contributed by atoms with Gasteiger partial charge in [-0.05, 0) is 59.6 Å². The largest absolute Gasteiger partial charge is 0.500 e. The maximum atomic E-state index is 6.39. The molecule has 0 aromatic carbocycles. The Hall–Kier alpha value is 0.491. The van der Waals surface area contributed by atoms with Crippen molar-refractivity contribution in [3.05, 3.63) is 0 Å². The average Bonchev–Trinajstić information content (AvgIpc) is 2.24. The van der Waals surface area contributed by atoms with Crippen LogP contribution in [0.2, 0.25) is 44.8 Å². The van der Waals surface area contributed by atoms with Crippen molar-refractivity contribution in [1.82, 2.24) is 0 Å². The lowest BCUT2D eigenvalue weighted by Crippen LogP contribution is -2.49. The van der Waals surface area contributed by atoms with Crippen LogP contribution < -0.4 is 0 Å². The Balaban J connectivity index is 4.72. The van der Waals surface area contributed by atoms with Crippen LogP contribution in [0.3, 0.4) is 0 Å². The fourth-order valence-corrected chi connectivity index (χ4v) is 15.0. The van der Waals surface area contributed by atoms with Crippen LogP contribution in [0.15, 0.2) is 0 Å². The first kappa shape index (κ1) is 20.5. The highest BCUT2D eigenvalue weighted by molar-refractivity contribution is 6.84. The molecule has 0 saturated heterocycles. The lowest BCUT2D eigenvalue weighted by atomic mass is 10.9. The third kappa shape index (κ3) is 8.71. The molecule has 0 spiro atoms. The minimum atomic E-state index is -2.51. The molecule has 0 amide bonds. The molecule has 0 saturated carbocycles. The molecule has 0 aliphatic heterocycles. The van der Waals surface area contributed by atoms with Gasteiger partial charge in [-0.1, -0.05) is 0 Å². The van der Waals surface area contributed by atoms with Gasteiger partial charge in [0.25, 0.3) is 0 Å². The zero-order chi connectivity index (χ0) is 15.9. The summed E-state index contributed by atoms with van der Waals surface area (Å²) in [6, 6.07) is 1.90. The molecule has 0 heterocycles. The Morgan fingerprint density at radius 3 is 1.35 bits per heavy atom. The highest BCUT2D eigenvalue weighted by Crippen LogP contribution is 2.26. The Morgan fingerprint density at radius 2 is 1.05 bits per heavy atom. The normalized spacial score (nSPS) is 13.8. The Labute approximate surface area is 128 Å². The zero-order valence-electron chi connectivity index (χ0n) is 14.7. The molecule has 4 nitrogen and oxygen atoms in total. The third-order valence-corrected chi connectivity index (χ3v) is 12.4. The molecule has 0 rings (SSSR count). The molecule has 0 aliphatic carbocycles. The molecule has 20 heavy (non-hydrogen) atoms. The SMILES string of the molecule is CCO[Si](CC[Si](C)(C)O[Si](C)(C)C)(OCC)OCC. The van der Waals surface area contributed by atoms with Crippen LogP contribution in [-0.2, 0) is 17.4 Å². The van der Waals surface area contributed by atoms with Crippen LogP contribution >= 0.6 is 0 Å². The van der Waals surface area contributed by atoms with Crippen molar-refractivity contribution in [3.63, 3.8) is 0 Å². The maximum Gasteiger partial charge on any atom is 0.500 e. The highest BCUT2D eigenvalue weighted by Gasteiger charge is 2.43. The quantitative estimate of drug-likeness (QED) is 0.532. The van der Waals surface area contributed by atoms with Gasteiger partial charge in [0, 0.05) is 25.9 Å². The van der Waals surface area contributed by atoms with E-state index in [0.29, 0.717) is 19.8 Å². The fourth-order valence-electron chi connectivity index (χ4n) is 2.34. The van der Waals surface area contributed by atoms with Crippen LogP contribution in [0.25, 0.3) is 0 Å². The fraction of sp³-hybridized carbons (Fsp3) is 1.00. The van der Waals surface area contributed by atoms with E-state index in [4.69, 9.17) is 17.4 Å². The van der Waals surface area contributed by atoms with Crippen molar-refractivity contribution >= 4 is 25.4 Å². The van der Waals surface area contributed by atoms with Crippen LogP contribution in [-0.4, -0.2) is 45.3 Å². The van der Waals surface area contributed by atoms with Crippen molar-refractivity contribution in [2.45, 2.75) is 65.6 Å². The van der Waals surface area contributed by atoms with Crippen molar-refractivity contribution in [1.29, 1.82) is 0 Å². The van der Waals surface area contributed by atoms with Crippen molar-refractivity contribution in [3.8, 4) is 0 Å². The summed E-state index contributed by atoms with van der Waals surface area (Å²) < 4.78 is 24.1. The Morgan fingerprint density at radius 1 is 0.650 bits per heavy atom. The second-order valence-electron chi connectivity index (χ2n) is 6.46. The molecule has 0 aromatic heterocycles. The zero-order valence-corrected chi connectivity index (χ0v) is 17.7. The monoisotopic (exact) mass is 338 g/mol. The van der Waals surface area contributed by atoms with E-state index in [-0.39, 0.29) is 0 Å². The Bertz CT molecular complexity index is 250. The summed E-state index contributed by atoms with van der Waals surface area (Å²) in [6.45, 7) is 19.3. The van der Waals surface area contributed by atoms with Gasteiger partial charge < -0.3 is 17.4 Å². The molecule has 0 radical (unpaired) electrons. The van der Waals surface area contributed by atoms with Crippen LogP contribution in [0.5, 0.6) is 0 Å². The molecule has 0 N–H and O–H groups in total. The topological polar surface area (TPSA) is 36.9 Å². The molecule has 0 atom stereocenters. The van der Waals surface area contributed by atoms with E-state index >= 15 is 0 Å². The van der Waals surface area contributed by atoms with Crippen LogP contribution in [0.1, 0.15) is 20.8 Å². The minimum Gasteiger partial charge on any atom is -0.456 e. The van der Waals surface area contributed by atoms with E-state index in [2.05, 4.69) is 32.7 Å². The molecule has 0 aromatic rings. The highest BCUT2D eigenvalue weighted by atomic mass is 28.4. The first-order chi connectivity index (χ1) is 9.10. The van der Waals surface area contributed by atoms with Gasteiger partial charge >= 0.3 is 8.80 Å². The van der Waals surface area contributed by atoms with Crippen LogP contribution in [0, 0.1) is 0 Å². The van der Waals surface area contributed by atoms with Gasteiger partial charge in [-0.15, -0.1) is 0 Å². The summed E-state index contributed by atoms with van der Waals surface area (Å²) >= 11 is 0. The molecular weight excluding hydrogens is 304 g/mol.